The molecule has 2 aliphatic carbocycles. The first-order valence-electron chi connectivity index (χ1n) is 7.54. The van der Waals surface area contributed by atoms with Crippen molar-refractivity contribution >= 4 is 11.9 Å². The molecule has 1 amide bonds. The Morgan fingerprint density at radius 1 is 1.21 bits per heavy atom. The summed E-state index contributed by atoms with van der Waals surface area (Å²) >= 11 is 0. The molecule has 0 spiro atoms. The second kappa shape index (κ2) is 5.51. The standard InChI is InChI=1S/C15H25NO3/c1-3-4-12-7-9-15(10-8-12,14(18)19)16(11(2)17)13-5-6-13/h12-13H,3-10H2,1-2H3,(H,18,19). The lowest BCUT2D eigenvalue weighted by Crippen LogP contribution is -2.59. The Morgan fingerprint density at radius 2 is 1.79 bits per heavy atom. The fourth-order valence-corrected chi connectivity index (χ4v) is 3.65. The number of rotatable bonds is 5. The van der Waals surface area contributed by atoms with Gasteiger partial charge in [0, 0.05) is 13.0 Å². The van der Waals surface area contributed by atoms with E-state index in [0.717, 1.165) is 32.1 Å². The van der Waals surface area contributed by atoms with Crippen molar-refractivity contribution in [2.45, 2.75) is 76.8 Å². The number of carboxylic acid groups (broad SMARTS) is 1. The Hall–Kier alpha value is -1.06. The highest BCUT2D eigenvalue weighted by molar-refractivity contribution is 5.86. The summed E-state index contributed by atoms with van der Waals surface area (Å²) in [7, 11) is 0. The van der Waals surface area contributed by atoms with Gasteiger partial charge in [0.25, 0.3) is 0 Å². The lowest BCUT2D eigenvalue weighted by Gasteiger charge is -2.45. The van der Waals surface area contributed by atoms with Crippen molar-refractivity contribution in [2.24, 2.45) is 5.92 Å². The third-order valence-electron chi connectivity index (χ3n) is 4.74. The van der Waals surface area contributed by atoms with E-state index in [9.17, 15) is 14.7 Å². The molecule has 0 unspecified atom stereocenters. The number of carbonyl (C=O) groups excluding carboxylic acids is 1. The minimum absolute atomic E-state index is 0.0705. The minimum Gasteiger partial charge on any atom is -0.479 e. The number of carboxylic acids is 1. The molecule has 108 valence electrons. The summed E-state index contributed by atoms with van der Waals surface area (Å²) in [6, 6.07) is 0.177. The summed E-state index contributed by atoms with van der Waals surface area (Å²) in [6.45, 7) is 3.69. The fourth-order valence-electron chi connectivity index (χ4n) is 3.65. The molecule has 0 saturated heterocycles. The van der Waals surface area contributed by atoms with E-state index >= 15 is 0 Å². The highest BCUT2D eigenvalue weighted by Crippen LogP contribution is 2.43. The maximum Gasteiger partial charge on any atom is 0.329 e. The zero-order chi connectivity index (χ0) is 14.0. The van der Waals surface area contributed by atoms with Gasteiger partial charge in [-0.05, 0) is 44.4 Å². The molecule has 0 aromatic heterocycles. The first kappa shape index (κ1) is 14.4. The van der Waals surface area contributed by atoms with Crippen LogP contribution >= 0.6 is 0 Å². The van der Waals surface area contributed by atoms with Gasteiger partial charge in [0.15, 0.2) is 0 Å². The second-order valence-corrected chi connectivity index (χ2v) is 6.19. The molecule has 0 aromatic rings. The largest absolute Gasteiger partial charge is 0.479 e. The van der Waals surface area contributed by atoms with Crippen molar-refractivity contribution in [1.29, 1.82) is 0 Å². The third-order valence-corrected chi connectivity index (χ3v) is 4.74. The Labute approximate surface area is 115 Å². The molecular weight excluding hydrogens is 242 g/mol. The lowest BCUT2D eigenvalue weighted by atomic mass is 9.74. The van der Waals surface area contributed by atoms with Gasteiger partial charge in [-0.2, -0.15) is 0 Å². The summed E-state index contributed by atoms with van der Waals surface area (Å²) in [5, 5.41) is 9.71. The average molecular weight is 267 g/mol. The number of hydrogen-bond acceptors (Lipinski definition) is 2. The molecule has 0 atom stereocenters. The van der Waals surface area contributed by atoms with Crippen LogP contribution < -0.4 is 0 Å². The van der Waals surface area contributed by atoms with Gasteiger partial charge in [0.1, 0.15) is 5.54 Å². The predicted octanol–water partition coefficient (Wildman–Crippen LogP) is 2.81. The van der Waals surface area contributed by atoms with E-state index in [-0.39, 0.29) is 11.9 Å². The molecule has 1 N–H and O–H groups in total. The van der Waals surface area contributed by atoms with Crippen LogP contribution in [0.15, 0.2) is 0 Å². The van der Waals surface area contributed by atoms with Crippen molar-refractivity contribution < 1.29 is 14.7 Å². The van der Waals surface area contributed by atoms with Gasteiger partial charge in [-0.15, -0.1) is 0 Å². The summed E-state index contributed by atoms with van der Waals surface area (Å²) in [4.78, 5) is 25.4. The van der Waals surface area contributed by atoms with Crippen LogP contribution in [0, 0.1) is 5.92 Å². The number of nitrogens with zero attached hydrogens (tertiary/aromatic N) is 1. The van der Waals surface area contributed by atoms with Crippen molar-refractivity contribution in [3.05, 3.63) is 0 Å². The minimum atomic E-state index is -0.919. The second-order valence-electron chi connectivity index (χ2n) is 6.19. The van der Waals surface area contributed by atoms with Gasteiger partial charge in [0.05, 0.1) is 0 Å². The molecule has 0 bridgehead atoms. The molecular formula is C15H25NO3. The maximum absolute atomic E-state index is 11.9. The molecule has 2 saturated carbocycles. The van der Waals surface area contributed by atoms with Crippen molar-refractivity contribution in [1.82, 2.24) is 4.90 Å². The van der Waals surface area contributed by atoms with Crippen LogP contribution in [-0.2, 0) is 9.59 Å². The Morgan fingerprint density at radius 3 is 2.16 bits per heavy atom. The van der Waals surface area contributed by atoms with E-state index in [2.05, 4.69) is 6.92 Å². The highest BCUT2D eigenvalue weighted by Gasteiger charge is 2.52. The number of carbonyl (C=O) groups is 2. The molecule has 4 heteroatoms. The van der Waals surface area contributed by atoms with Crippen LogP contribution in [0.2, 0.25) is 0 Å². The average Bonchev–Trinajstić information content (AvgIpc) is 3.16. The topological polar surface area (TPSA) is 57.6 Å². The molecule has 0 aliphatic heterocycles. The number of hydrogen-bond donors (Lipinski definition) is 1. The summed E-state index contributed by atoms with van der Waals surface area (Å²) in [5.41, 5.74) is -0.919. The van der Waals surface area contributed by atoms with Crippen LogP contribution in [0.4, 0.5) is 0 Å². The zero-order valence-electron chi connectivity index (χ0n) is 12.0. The molecule has 4 nitrogen and oxygen atoms in total. The van der Waals surface area contributed by atoms with Gasteiger partial charge in [-0.3, -0.25) is 4.79 Å². The normalized spacial score (nSPS) is 30.9. The van der Waals surface area contributed by atoms with Gasteiger partial charge < -0.3 is 10.0 Å². The number of aliphatic carboxylic acids is 1. The van der Waals surface area contributed by atoms with E-state index in [1.54, 1.807) is 4.90 Å². The lowest BCUT2D eigenvalue weighted by molar-refractivity contribution is -0.163. The van der Waals surface area contributed by atoms with Crippen LogP contribution in [0.5, 0.6) is 0 Å². The quantitative estimate of drug-likeness (QED) is 0.833. The van der Waals surface area contributed by atoms with Crippen LogP contribution in [-0.4, -0.2) is 33.5 Å². The van der Waals surface area contributed by atoms with Crippen LogP contribution in [0.3, 0.4) is 0 Å². The molecule has 0 aromatic carbocycles. The van der Waals surface area contributed by atoms with Crippen molar-refractivity contribution in [2.75, 3.05) is 0 Å². The van der Waals surface area contributed by atoms with Gasteiger partial charge in [0.2, 0.25) is 5.91 Å². The van der Waals surface area contributed by atoms with Crippen molar-refractivity contribution in [3.63, 3.8) is 0 Å². The first-order valence-corrected chi connectivity index (χ1v) is 7.54. The Kier molecular flexibility index (Phi) is 4.16. The van der Waals surface area contributed by atoms with Crippen LogP contribution in [0.1, 0.15) is 65.2 Å². The zero-order valence-corrected chi connectivity index (χ0v) is 12.0. The molecule has 2 rings (SSSR count). The monoisotopic (exact) mass is 267 g/mol. The summed E-state index contributed by atoms with van der Waals surface area (Å²) in [6.07, 6.45) is 7.41. The Balaban J connectivity index is 2.15. The number of amides is 1. The van der Waals surface area contributed by atoms with Gasteiger partial charge >= 0.3 is 5.97 Å². The summed E-state index contributed by atoms with van der Waals surface area (Å²) in [5.74, 6) is -0.228. The molecule has 0 radical (unpaired) electrons. The van der Waals surface area contributed by atoms with E-state index in [1.807, 2.05) is 0 Å². The first-order chi connectivity index (χ1) is 9.01. The predicted molar refractivity (Wildman–Crippen MR) is 72.8 cm³/mol. The SMILES string of the molecule is CCCC1CCC(C(=O)O)(N(C(C)=O)C2CC2)CC1. The van der Waals surface area contributed by atoms with Crippen molar-refractivity contribution in [3.8, 4) is 0 Å². The molecule has 2 aliphatic rings. The van der Waals surface area contributed by atoms with Gasteiger partial charge in [-0.1, -0.05) is 19.8 Å². The summed E-state index contributed by atoms with van der Waals surface area (Å²) < 4.78 is 0. The van der Waals surface area contributed by atoms with Gasteiger partial charge in [-0.25, -0.2) is 4.79 Å². The Bertz CT molecular complexity index is 354. The third kappa shape index (κ3) is 2.77. The van der Waals surface area contributed by atoms with E-state index in [4.69, 9.17) is 0 Å². The van der Waals surface area contributed by atoms with Crippen LogP contribution in [0.25, 0.3) is 0 Å². The van der Waals surface area contributed by atoms with E-state index in [0.29, 0.717) is 18.8 Å². The van der Waals surface area contributed by atoms with E-state index in [1.165, 1.54) is 13.3 Å². The maximum atomic E-state index is 11.9. The molecule has 19 heavy (non-hydrogen) atoms. The fraction of sp³-hybridized carbons (Fsp3) is 0.867. The smallest absolute Gasteiger partial charge is 0.329 e. The molecule has 2 fully saturated rings. The van der Waals surface area contributed by atoms with E-state index < -0.39 is 11.5 Å². The molecule has 0 heterocycles. The highest BCUT2D eigenvalue weighted by atomic mass is 16.4.